The van der Waals surface area contributed by atoms with E-state index in [2.05, 4.69) is 45.6 Å². The Morgan fingerprint density at radius 3 is 2.62 bits per heavy atom. The second-order valence-corrected chi connectivity index (χ2v) is 5.35. The molecule has 21 heavy (non-hydrogen) atoms. The van der Waals surface area contributed by atoms with Crippen molar-refractivity contribution >= 4 is 10.9 Å². The molecule has 1 N–H and O–H groups in total. The summed E-state index contributed by atoms with van der Waals surface area (Å²) in [4.78, 5) is 8.89. The highest BCUT2D eigenvalue weighted by molar-refractivity contribution is 5.82. The highest BCUT2D eigenvalue weighted by Crippen LogP contribution is 2.18. The molecule has 0 aliphatic heterocycles. The van der Waals surface area contributed by atoms with Gasteiger partial charge in [0.15, 0.2) is 0 Å². The molecule has 0 saturated carbocycles. The topological polar surface area (TPSA) is 37.8 Å². The summed E-state index contributed by atoms with van der Waals surface area (Å²) in [6.07, 6.45) is 1.93. The van der Waals surface area contributed by atoms with Crippen LogP contribution in [-0.2, 0) is 13.1 Å². The normalized spacial score (nSPS) is 11.0. The highest BCUT2D eigenvalue weighted by atomic mass is 14.9. The van der Waals surface area contributed by atoms with Crippen LogP contribution in [0, 0.1) is 13.8 Å². The number of rotatable bonds is 4. The number of nitrogens with zero attached hydrogens (tertiary/aromatic N) is 2. The van der Waals surface area contributed by atoms with Crippen LogP contribution in [0.25, 0.3) is 10.9 Å². The summed E-state index contributed by atoms with van der Waals surface area (Å²) >= 11 is 0. The van der Waals surface area contributed by atoms with E-state index in [9.17, 15) is 0 Å². The average Bonchev–Trinajstić information content (AvgIpc) is 2.49. The molecule has 0 unspecified atom stereocenters. The molecule has 0 fully saturated rings. The van der Waals surface area contributed by atoms with Crippen molar-refractivity contribution in [3.8, 4) is 0 Å². The van der Waals surface area contributed by atoms with E-state index in [1.54, 1.807) is 0 Å². The average molecular weight is 277 g/mol. The van der Waals surface area contributed by atoms with E-state index in [4.69, 9.17) is 0 Å². The van der Waals surface area contributed by atoms with Gasteiger partial charge in [-0.1, -0.05) is 24.3 Å². The molecule has 1 aromatic carbocycles. The fraction of sp³-hybridized carbons (Fsp3) is 0.222. The van der Waals surface area contributed by atoms with Gasteiger partial charge in [-0.3, -0.25) is 9.97 Å². The molecule has 0 atom stereocenters. The van der Waals surface area contributed by atoms with Gasteiger partial charge in [0, 0.05) is 36.1 Å². The number of fused-ring (bicyclic) bond motifs is 1. The summed E-state index contributed by atoms with van der Waals surface area (Å²) in [6.45, 7) is 5.70. The largest absolute Gasteiger partial charge is 0.309 e. The third kappa shape index (κ3) is 3.26. The zero-order chi connectivity index (χ0) is 14.7. The van der Waals surface area contributed by atoms with Gasteiger partial charge in [0.25, 0.3) is 0 Å². The van der Waals surface area contributed by atoms with Gasteiger partial charge in [0.05, 0.1) is 5.52 Å². The summed E-state index contributed by atoms with van der Waals surface area (Å²) in [5.41, 5.74) is 5.66. The second kappa shape index (κ2) is 6.02. The Morgan fingerprint density at radius 2 is 1.81 bits per heavy atom. The maximum Gasteiger partial charge on any atom is 0.0708 e. The molecule has 3 aromatic rings. The van der Waals surface area contributed by atoms with Crippen molar-refractivity contribution in [3.63, 3.8) is 0 Å². The molecule has 0 aliphatic rings. The minimum Gasteiger partial charge on any atom is -0.309 e. The van der Waals surface area contributed by atoms with Gasteiger partial charge >= 0.3 is 0 Å². The predicted octanol–water partition coefficient (Wildman–Crippen LogP) is 3.54. The molecule has 2 aromatic heterocycles. The smallest absolute Gasteiger partial charge is 0.0708 e. The molecule has 0 saturated heterocycles. The van der Waals surface area contributed by atoms with E-state index in [1.165, 1.54) is 16.5 Å². The van der Waals surface area contributed by atoms with Crippen molar-refractivity contribution in [2.24, 2.45) is 0 Å². The van der Waals surface area contributed by atoms with E-state index in [1.807, 2.05) is 32.2 Å². The summed E-state index contributed by atoms with van der Waals surface area (Å²) in [6, 6.07) is 14.6. The molecule has 0 aliphatic carbocycles. The molecule has 0 bridgehead atoms. The first-order valence-electron chi connectivity index (χ1n) is 7.20. The van der Waals surface area contributed by atoms with Crippen LogP contribution < -0.4 is 5.32 Å². The minimum absolute atomic E-state index is 0.822. The minimum atomic E-state index is 0.822. The zero-order valence-corrected chi connectivity index (χ0v) is 12.4. The molecule has 3 rings (SSSR count). The van der Waals surface area contributed by atoms with Crippen molar-refractivity contribution in [1.82, 2.24) is 15.3 Å². The maximum absolute atomic E-state index is 4.57. The molecule has 3 heteroatoms. The number of benzene rings is 1. The first-order chi connectivity index (χ1) is 10.2. The molecule has 2 heterocycles. The van der Waals surface area contributed by atoms with Crippen molar-refractivity contribution in [2.45, 2.75) is 26.9 Å². The van der Waals surface area contributed by atoms with Crippen molar-refractivity contribution < 1.29 is 0 Å². The quantitative estimate of drug-likeness (QED) is 0.792. The van der Waals surface area contributed by atoms with Gasteiger partial charge < -0.3 is 5.32 Å². The van der Waals surface area contributed by atoms with Gasteiger partial charge in [0.1, 0.15) is 0 Å². The molecular formula is C18H19N3. The number of para-hydroxylation sites is 1. The van der Waals surface area contributed by atoms with Gasteiger partial charge in [-0.25, -0.2) is 0 Å². The number of pyridine rings is 2. The number of hydrogen-bond donors (Lipinski definition) is 1. The summed E-state index contributed by atoms with van der Waals surface area (Å²) in [5.74, 6) is 0. The molecule has 0 amide bonds. The third-order valence-corrected chi connectivity index (χ3v) is 3.55. The predicted molar refractivity (Wildman–Crippen MR) is 86.0 cm³/mol. The Hall–Kier alpha value is -2.26. The fourth-order valence-corrected chi connectivity index (χ4v) is 2.49. The first-order valence-corrected chi connectivity index (χ1v) is 7.20. The van der Waals surface area contributed by atoms with Crippen LogP contribution in [0.2, 0.25) is 0 Å². The van der Waals surface area contributed by atoms with Crippen molar-refractivity contribution in [2.75, 3.05) is 0 Å². The molecule has 0 radical (unpaired) electrons. The van der Waals surface area contributed by atoms with Crippen LogP contribution in [0.5, 0.6) is 0 Å². The van der Waals surface area contributed by atoms with Gasteiger partial charge in [0.2, 0.25) is 0 Å². The first kappa shape index (κ1) is 13.7. The van der Waals surface area contributed by atoms with Gasteiger partial charge in [-0.2, -0.15) is 0 Å². The molecule has 3 nitrogen and oxygen atoms in total. The standard InChI is InChI=1S/C18H19N3/c1-13-7-8-15(11-20-13)10-19-12-16-9-14(2)21-18-6-4-3-5-17(16)18/h3-9,11,19H,10,12H2,1-2H3. The Bertz CT molecular complexity index is 748. The zero-order valence-electron chi connectivity index (χ0n) is 12.4. The molecule has 106 valence electrons. The van der Waals surface area contributed by atoms with E-state index in [0.717, 1.165) is 30.0 Å². The SMILES string of the molecule is Cc1ccc(CNCc2cc(C)nc3ccccc23)cn1. The lowest BCUT2D eigenvalue weighted by molar-refractivity contribution is 0.693. The summed E-state index contributed by atoms with van der Waals surface area (Å²) < 4.78 is 0. The number of aryl methyl sites for hydroxylation is 2. The lowest BCUT2D eigenvalue weighted by Gasteiger charge is -2.09. The van der Waals surface area contributed by atoms with Crippen molar-refractivity contribution in [1.29, 1.82) is 0 Å². The van der Waals surface area contributed by atoms with Crippen LogP contribution in [0.4, 0.5) is 0 Å². The van der Waals surface area contributed by atoms with E-state index < -0.39 is 0 Å². The van der Waals surface area contributed by atoms with E-state index in [-0.39, 0.29) is 0 Å². The van der Waals surface area contributed by atoms with Gasteiger partial charge in [-0.15, -0.1) is 0 Å². The van der Waals surface area contributed by atoms with Crippen LogP contribution in [0.1, 0.15) is 22.5 Å². The summed E-state index contributed by atoms with van der Waals surface area (Å²) in [7, 11) is 0. The fourth-order valence-electron chi connectivity index (χ4n) is 2.49. The van der Waals surface area contributed by atoms with Crippen molar-refractivity contribution in [3.05, 3.63) is 71.2 Å². The van der Waals surface area contributed by atoms with E-state index in [0.29, 0.717) is 0 Å². The lowest BCUT2D eigenvalue weighted by atomic mass is 10.1. The summed E-state index contributed by atoms with van der Waals surface area (Å²) in [5, 5.41) is 4.71. The Labute approximate surface area is 125 Å². The van der Waals surface area contributed by atoms with Crippen LogP contribution >= 0.6 is 0 Å². The lowest BCUT2D eigenvalue weighted by Crippen LogP contribution is -2.13. The number of hydrogen-bond acceptors (Lipinski definition) is 3. The third-order valence-electron chi connectivity index (χ3n) is 3.55. The highest BCUT2D eigenvalue weighted by Gasteiger charge is 2.03. The monoisotopic (exact) mass is 277 g/mol. The number of aromatic nitrogens is 2. The Balaban J connectivity index is 1.74. The van der Waals surface area contributed by atoms with Crippen LogP contribution in [0.3, 0.4) is 0 Å². The molecular weight excluding hydrogens is 258 g/mol. The molecule has 0 spiro atoms. The maximum atomic E-state index is 4.57. The van der Waals surface area contributed by atoms with Crippen LogP contribution in [-0.4, -0.2) is 9.97 Å². The Kier molecular flexibility index (Phi) is 3.93. The van der Waals surface area contributed by atoms with Gasteiger partial charge in [-0.05, 0) is 43.2 Å². The van der Waals surface area contributed by atoms with Crippen LogP contribution in [0.15, 0.2) is 48.7 Å². The van der Waals surface area contributed by atoms with E-state index >= 15 is 0 Å². The second-order valence-electron chi connectivity index (χ2n) is 5.35. The number of nitrogens with one attached hydrogen (secondary N) is 1. The Morgan fingerprint density at radius 1 is 0.952 bits per heavy atom.